The Morgan fingerprint density at radius 2 is 1.31 bits per heavy atom. The van der Waals surface area contributed by atoms with Crippen LogP contribution in [0.15, 0.2) is 91.0 Å². The molecular weight excluding hydrogens is 356 g/mol. The first kappa shape index (κ1) is 17.4. The van der Waals surface area contributed by atoms with Gasteiger partial charge < -0.3 is 5.11 Å². The van der Waals surface area contributed by atoms with Crippen LogP contribution in [0.5, 0.6) is 0 Å². The quantitative estimate of drug-likeness (QED) is 0.405. The summed E-state index contributed by atoms with van der Waals surface area (Å²) >= 11 is 0. The summed E-state index contributed by atoms with van der Waals surface area (Å²) in [4.78, 5) is 12.0. The Hall–Kier alpha value is -3.65. The average molecular weight is 376 g/mol. The SMILES string of the molecule is O=C(O)c1cccc(-c2cccc3c2Cc2ccccc2-3)c1Cc1ccccc1. The number of aromatic carboxylic acids is 1. The Morgan fingerprint density at radius 3 is 2.10 bits per heavy atom. The van der Waals surface area contributed by atoms with Gasteiger partial charge in [0.15, 0.2) is 0 Å². The topological polar surface area (TPSA) is 37.3 Å². The van der Waals surface area contributed by atoms with Crippen molar-refractivity contribution in [3.05, 3.63) is 119 Å². The normalized spacial score (nSPS) is 11.7. The molecule has 1 N–H and O–H groups in total. The molecule has 4 aromatic rings. The molecule has 0 amide bonds. The van der Waals surface area contributed by atoms with Crippen LogP contribution >= 0.6 is 0 Å². The number of rotatable bonds is 4. The number of carboxylic acid groups (broad SMARTS) is 1. The minimum atomic E-state index is -0.881. The van der Waals surface area contributed by atoms with E-state index in [9.17, 15) is 9.90 Å². The standard InChI is InChI=1S/C27H20O2/c28-27(29)24-15-7-14-22(25(24)16-18-8-2-1-3-9-18)23-13-6-12-21-20-11-5-4-10-19(20)17-26(21)23/h1-15H,16-17H2,(H,28,29). The molecule has 0 bridgehead atoms. The molecule has 140 valence electrons. The molecule has 0 fully saturated rings. The summed E-state index contributed by atoms with van der Waals surface area (Å²) in [6.45, 7) is 0. The summed E-state index contributed by atoms with van der Waals surface area (Å²) < 4.78 is 0. The second kappa shape index (κ2) is 7.06. The van der Waals surface area contributed by atoms with Crippen molar-refractivity contribution in [2.75, 3.05) is 0 Å². The second-order valence-corrected chi connectivity index (χ2v) is 7.46. The van der Waals surface area contributed by atoms with Crippen molar-refractivity contribution in [2.24, 2.45) is 0 Å². The molecule has 4 aromatic carbocycles. The van der Waals surface area contributed by atoms with Crippen molar-refractivity contribution in [2.45, 2.75) is 12.8 Å². The van der Waals surface area contributed by atoms with Gasteiger partial charge in [0.1, 0.15) is 0 Å². The summed E-state index contributed by atoms with van der Waals surface area (Å²) in [7, 11) is 0. The van der Waals surface area contributed by atoms with Crippen molar-refractivity contribution >= 4 is 5.97 Å². The Morgan fingerprint density at radius 1 is 0.690 bits per heavy atom. The number of carbonyl (C=O) groups is 1. The highest BCUT2D eigenvalue weighted by molar-refractivity contribution is 5.94. The lowest BCUT2D eigenvalue weighted by Gasteiger charge is -2.16. The van der Waals surface area contributed by atoms with Gasteiger partial charge in [0.25, 0.3) is 0 Å². The van der Waals surface area contributed by atoms with Crippen molar-refractivity contribution < 1.29 is 9.90 Å². The van der Waals surface area contributed by atoms with Gasteiger partial charge >= 0.3 is 5.97 Å². The highest BCUT2D eigenvalue weighted by atomic mass is 16.4. The third-order valence-corrected chi connectivity index (χ3v) is 5.77. The summed E-state index contributed by atoms with van der Waals surface area (Å²) in [5, 5.41) is 9.85. The number of carboxylic acids is 1. The van der Waals surface area contributed by atoms with E-state index in [0.717, 1.165) is 28.7 Å². The number of fused-ring (bicyclic) bond motifs is 3. The van der Waals surface area contributed by atoms with Crippen LogP contribution in [0.3, 0.4) is 0 Å². The van der Waals surface area contributed by atoms with Gasteiger partial charge in [-0.25, -0.2) is 4.79 Å². The lowest BCUT2D eigenvalue weighted by atomic mass is 9.87. The van der Waals surface area contributed by atoms with Gasteiger partial charge in [-0.2, -0.15) is 0 Å². The summed E-state index contributed by atoms with van der Waals surface area (Å²) in [5.41, 5.74) is 9.65. The molecule has 0 radical (unpaired) electrons. The Labute approximate surface area is 170 Å². The van der Waals surface area contributed by atoms with Crippen LogP contribution in [0.25, 0.3) is 22.3 Å². The maximum absolute atomic E-state index is 12.0. The molecule has 0 atom stereocenters. The third kappa shape index (κ3) is 3.03. The molecule has 1 aliphatic carbocycles. The van der Waals surface area contributed by atoms with E-state index in [1.165, 1.54) is 22.3 Å². The molecule has 0 aliphatic heterocycles. The van der Waals surface area contributed by atoms with Gasteiger partial charge in [0.05, 0.1) is 5.56 Å². The van der Waals surface area contributed by atoms with Crippen molar-refractivity contribution in [1.82, 2.24) is 0 Å². The Balaban J connectivity index is 1.70. The fourth-order valence-electron chi connectivity index (χ4n) is 4.44. The van der Waals surface area contributed by atoms with E-state index >= 15 is 0 Å². The minimum Gasteiger partial charge on any atom is -0.478 e. The average Bonchev–Trinajstić information content (AvgIpc) is 3.13. The number of benzene rings is 4. The van der Waals surface area contributed by atoms with Gasteiger partial charge in [-0.05, 0) is 63.4 Å². The fourth-order valence-corrected chi connectivity index (χ4v) is 4.44. The Kier molecular flexibility index (Phi) is 4.25. The first-order valence-electron chi connectivity index (χ1n) is 9.82. The highest BCUT2D eigenvalue weighted by Crippen LogP contribution is 2.42. The van der Waals surface area contributed by atoms with E-state index in [4.69, 9.17) is 0 Å². The van der Waals surface area contributed by atoms with Crippen LogP contribution in [-0.4, -0.2) is 11.1 Å². The van der Waals surface area contributed by atoms with Crippen LogP contribution in [0.1, 0.15) is 32.6 Å². The molecule has 0 saturated carbocycles. The summed E-state index contributed by atoms with van der Waals surface area (Å²) in [5.74, 6) is -0.881. The largest absolute Gasteiger partial charge is 0.478 e. The van der Waals surface area contributed by atoms with Gasteiger partial charge in [0, 0.05) is 0 Å². The maximum Gasteiger partial charge on any atom is 0.335 e. The molecule has 2 heteroatoms. The minimum absolute atomic E-state index is 0.375. The zero-order chi connectivity index (χ0) is 19.8. The van der Waals surface area contributed by atoms with Crippen LogP contribution in [-0.2, 0) is 12.8 Å². The molecular formula is C27H20O2. The highest BCUT2D eigenvalue weighted by Gasteiger charge is 2.23. The predicted molar refractivity (Wildman–Crippen MR) is 116 cm³/mol. The molecule has 0 spiro atoms. The smallest absolute Gasteiger partial charge is 0.335 e. The van der Waals surface area contributed by atoms with Crippen LogP contribution in [0.2, 0.25) is 0 Å². The fraction of sp³-hybridized carbons (Fsp3) is 0.0741. The summed E-state index contributed by atoms with van der Waals surface area (Å²) in [6.07, 6.45) is 1.47. The van der Waals surface area contributed by atoms with Crippen LogP contribution in [0, 0.1) is 0 Å². The maximum atomic E-state index is 12.0. The lowest BCUT2D eigenvalue weighted by Crippen LogP contribution is -2.06. The molecule has 0 aromatic heterocycles. The molecule has 0 saturated heterocycles. The van der Waals surface area contributed by atoms with Crippen molar-refractivity contribution in [3.63, 3.8) is 0 Å². The van der Waals surface area contributed by atoms with E-state index in [-0.39, 0.29) is 0 Å². The second-order valence-electron chi connectivity index (χ2n) is 7.46. The van der Waals surface area contributed by atoms with Crippen LogP contribution < -0.4 is 0 Å². The predicted octanol–water partition coefficient (Wildman–Crippen LogP) is 6.21. The van der Waals surface area contributed by atoms with Gasteiger partial charge in [-0.15, -0.1) is 0 Å². The molecule has 5 rings (SSSR count). The molecule has 1 aliphatic rings. The van der Waals surface area contributed by atoms with Gasteiger partial charge in [0.2, 0.25) is 0 Å². The Bertz CT molecular complexity index is 1220. The molecule has 29 heavy (non-hydrogen) atoms. The van der Waals surface area contributed by atoms with Gasteiger partial charge in [-0.1, -0.05) is 84.9 Å². The van der Waals surface area contributed by atoms with E-state index in [0.29, 0.717) is 12.0 Å². The van der Waals surface area contributed by atoms with Gasteiger partial charge in [-0.3, -0.25) is 0 Å². The van der Waals surface area contributed by atoms with Crippen molar-refractivity contribution in [3.8, 4) is 22.3 Å². The van der Waals surface area contributed by atoms with E-state index in [1.54, 1.807) is 6.07 Å². The van der Waals surface area contributed by atoms with Crippen LogP contribution in [0.4, 0.5) is 0 Å². The molecule has 0 heterocycles. The number of hydrogen-bond acceptors (Lipinski definition) is 1. The monoisotopic (exact) mass is 376 g/mol. The number of hydrogen-bond donors (Lipinski definition) is 1. The zero-order valence-electron chi connectivity index (χ0n) is 15.9. The first-order valence-corrected chi connectivity index (χ1v) is 9.82. The zero-order valence-corrected chi connectivity index (χ0v) is 15.9. The first-order chi connectivity index (χ1) is 14.2. The van der Waals surface area contributed by atoms with E-state index < -0.39 is 5.97 Å². The van der Waals surface area contributed by atoms with E-state index in [2.05, 4.69) is 48.5 Å². The molecule has 2 nitrogen and oxygen atoms in total. The third-order valence-electron chi connectivity index (χ3n) is 5.77. The van der Waals surface area contributed by atoms with Crippen molar-refractivity contribution in [1.29, 1.82) is 0 Å². The lowest BCUT2D eigenvalue weighted by molar-refractivity contribution is 0.0696. The van der Waals surface area contributed by atoms with E-state index in [1.807, 2.05) is 36.4 Å². The molecule has 0 unspecified atom stereocenters. The summed E-state index contributed by atoms with van der Waals surface area (Å²) in [6, 6.07) is 30.6.